The second-order valence-electron chi connectivity index (χ2n) is 2.91. The Bertz CT molecular complexity index is 230. The van der Waals surface area contributed by atoms with Crippen LogP contribution in [0.1, 0.15) is 25.3 Å². The van der Waals surface area contributed by atoms with Gasteiger partial charge < -0.3 is 0 Å². The van der Waals surface area contributed by atoms with Gasteiger partial charge >= 0.3 is 0 Å². The van der Waals surface area contributed by atoms with Crippen LogP contribution >= 0.6 is 11.6 Å². The van der Waals surface area contributed by atoms with Crippen LogP contribution in [0, 0.1) is 0 Å². The lowest BCUT2D eigenvalue weighted by Gasteiger charge is -2.10. The lowest BCUT2D eigenvalue weighted by molar-refractivity contribution is 0.735. The number of nitrogens with zero attached hydrogens (tertiary/aromatic N) is 2. The summed E-state index contributed by atoms with van der Waals surface area (Å²) in [5, 5.41) is 4.24. The van der Waals surface area contributed by atoms with E-state index in [2.05, 4.69) is 12.0 Å². The number of aryl methyl sites for hydroxylation is 1. The molecule has 2 unspecified atom stereocenters. The van der Waals surface area contributed by atoms with E-state index in [1.807, 2.05) is 26.4 Å². The Morgan fingerprint density at radius 2 is 2.18 bits per heavy atom. The van der Waals surface area contributed by atoms with Gasteiger partial charge in [0.2, 0.25) is 0 Å². The second-order valence-corrected chi connectivity index (χ2v) is 3.60. The highest BCUT2D eigenvalue weighted by molar-refractivity contribution is 6.20. The lowest BCUT2D eigenvalue weighted by Crippen LogP contribution is -2.03. The molecule has 0 amide bonds. The van der Waals surface area contributed by atoms with E-state index in [1.165, 1.54) is 5.56 Å². The lowest BCUT2D eigenvalue weighted by atomic mass is 10.0. The number of alkyl halides is 1. The first kappa shape index (κ1) is 8.60. The summed E-state index contributed by atoms with van der Waals surface area (Å²) in [4.78, 5) is 0. The summed E-state index contributed by atoms with van der Waals surface area (Å²) in [7, 11) is 1.91. The smallest absolute Gasteiger partial charge is 0.0524 e. The minimum atomic E-state index is 0.166. The van der Waals surface area contributed by atoms with Crippen molar-refractivity contribution in [3.63, 3.8) is 0 Å². The van der Waals surface area contributed by atoms with Crippen LogP contribution in [0.25, 0.3) is 0 Å². The summed E-state index contributed by atoms with van der Waals surface area (Å²) in [6, 6.07) is 0. The molecule has 0 saturated heterocycles. The fraction of sp³-hybridized carbons (Fsp3) is 0.625. The molecule has 0 aliphatic rings. The number of halogens is 1. The van der Waals surface area contributed by atoms with E-state index < -0.39 is 0 Å². The van der Waals surface area contributed by atoms with Crippen LogP contribution in [0.3, 0.4) is 0 Å². The van der Waals surface area contributed by atoms with Gasteiger partial charge in [0.15, 0.2) is 0 Å². The van der Waals surface area contributed by atoms with E-state index in [0.717, 1.165) is 0 Å². The minimum Gasteiger partial charge on any atom is -0.276 e. The van der Waals surface area contributed by atoms with Gasteiger partial charge in [-0.2, -0.15) is 5.10 Å². The van der Waals surface area contributed by atoms with Crippen molar-refractivity contribution in [2.45, 2.75) is 25.1 Å². The predicted octanol–water partition coefficient (Wildman–Crippen LogP) is 2.15. The van der Waals surface area contributed by atoms with Crippen molar-refractivity contribution in [1.82, 2.24) is 9.78 Å². The molecule has 0 fully saturated rings. The zero-order valence-electron chi connectivity index (χ0n) is 7.08. The number of rotatable bonds is 2. The van der Waals surface area contributed by atoms with Crippen LogP contribution < -0.4 is 0 Å². The van der Waals surface area contributed by atoms with Gasteiger partial charge in [-0.1, -0.05) is 6.92 Å². The van der Waals surface area contributed by atoms with E-state index in [9.17, 15) is 0 Å². The van der Waals surface area contributed by atoms with Crippen molar-refractivity contribution in [2.75, 3.05) is 0 Å². The van der Waals surface area contributed by atoms with E-state index in [0.29, 0.717) is 5.92 Å². The summed E-state index contributed by atoms with van der Waals surface area (Å²) >= 11 is 5.93. The molecule has 3 heteroatoms. The molecule has 11 heavy (non-hydrogen) atoms. The zero-order valence-corrected chi connectivity index (χ0v) is 7.84. The van der Waals surface area contributed by atoms with Crippen LogP contribution in [0.2, 0.25) is 0 Å². The maximum Gasteiger partial charge on any atom is 0.0524 e. The molecule has 0 saturated carbocycles. The third-order valence-electron chi connectivity index (χ3n) is 1.94. The Morgan fingerprint density at radius 1 is 1.55 bits per heavy atom. The Kier molecular flexibility index (Phi) is 2.55. The highest BCUT2D eigenvalue weighted by Crippen LogP contribution is 2.21. The van der Waals surface area contributed by atoms with Crippen molar-refractivity contribution < 1.29 is 0 Å². The highest BCUT2D eigenvalue weighted by Gasteiger charge is 2.12. The molecule has 0 N–H and O–H groups in total. The molecular formula is C8H13ClN2. The van der Waals surface area contributed by atoms with Crippen molar-refractivity contribution in [3.05, 3.63) is 18.0 Å². The third kappa shape index (κ3) is 1.96. The van der Waals surface area contributed by atoms with Gasteiger partial charge in [0.25, 0.3) is 0 Å². The van der Waals surface area contributed by atoms with Gasteiger partial charge in [-0.15, -0.1) is 11.6 Å². The van der Waals surface area contributed by atoms with E-state index in [-0.39, 0.29) is 5.38 Å². The molecule has 0 radical (unpaired) electrons. The van der Waals surface area contributed by atoms with Crippen LogP contribution in [-0.4, -0.2) is 15.2 Å². The number of hydrogen-bond acceptors (Lipinski definition) is 1. The van der Waals surface area contributed by atoms with Gasteiger partial charge in [-0.05, 0) is 12.5 Å². The maximum absolute atomic E-state index is 5.93. The van der Waals surface area contributed by atoms with Gasteiger partial charge in [-0.25, -0.2) is 0 Å². The normalized spacial score (nSPS) is 16.4. The fourth-order valence-electron chi connectivity index (χ4n) is 0.940. The van der Waals surface area contributed by atoms with Crippen LogP contribution in [0.4, 0.5) is 0 Å². The van der Waals surface area contributed by atoms with Gasteiger partial charge in [0.1, 0.15) is 0 Å². The quantitative estimate of drug-likeness (QED) is 0.626. The minimum absolute atomic E-state index is 0.166. The van der Waals surface area contributed by atoms with Crippen LogP contribution in [0.5, 0.6) is 0 Å². The van der Waals surface area contributed by atoms with Gasteiger partial charge in [0.05, 0.1) is 6.20 Å². The molecule has 1 rings (SSSR count). The predicted molar refractivity (Wildman–Crippen MR) is 46.9 cm³/mol. The molecule has 0 aromatic carbocycles. The first-order valence-electron chi connectivity index (χ1n) is 3.74. The number of hydrogen-bond donors (Lipinski definition) is 0. The Balaban J connectivity index is 2.76. The summed E-state index contributed by atoms with van der Waals surface area (Å²) in [5.41, 5.74) is 1.20. The molecule has 2 atom stereocenters. The van der Waals surface area contributed by atoms with Crippen molar-refractivity contribution in [1.29, 1.82) is 0 Å². The Labute approximate surface area is 72.2 Å². The van der Waals surface area contributed by atoms with E-state index in [1.54, 1.807) is 4.68 Å². The molecule has 62 valence electrons. The Hall–Kier alpha value is -0.500. The number of aromatic nitrogens is 2. The zero-order chi connectivity index (χ0) is 8.43. The van der Waals surface area contributed by atoms with Crippen molar-refractivity contribution in [2.24, 2.45) is 7.05 Å². The maximum atomic E-state index is 5.93. The fourth-order valence-corrected chi connectivity index (χ4v) is 1.09. The SMILES string of the molecule is CC(Cl)C(C)c1cnn(C)c1. The molecule has 0 aliphatic heterocycles. The average Bonchev–Trinajstić information content (AvgIpc) is 2.34. The van der Waals surface area contributed by atoms with Crippen molar-refractivity contribution >= 4 is 11.6 Å². The first-order chi connectivity index (χ1) is 5.11. The molecule has 0 bridgehead atoms. The summed E-state index contributed by atoms with van der Waals surface area (Å²) in [6.07, 6.45) is 3.87. The molecular weight excluding hydrogens is 160 g/mol. The molecule has 1 aromatic rings. The first-order valence-corrected chi connectivity index (χ1v) is 4.17. The highest BCUT2D eigenvalue weighted by atomic mass is 35.5. The van der Waals surface area contributed by atoms with Gasteiger partial charge in [0, 0.05) is 24.5 Å². The topological polar surface area (TPSA) is 17.8 Å². The van der Waals surface area contributed by atoms with E-state index in [4.69, 9.17) is 11.6 Å². The largest absolute Gasteiger partial charge is 0.276 e. The summed E-state index contributed by atoms with van der Waals surface area (Å²) in [6.45, 7) is 4.11. The van der Waals surface area contributed by atoms with Crippen LogP contribution in [0.15, 0.2) is 12.4 Å². The molecule has 0 aliphatic carbocycles. The second kappa shape index (κ2) is 3.26. The standard InChI is InChI=1S/C8H13ClN2/c1-6(7(2)9)8-4-10-11(3)5-8/h4-7H,1-3H3. The van der Waals surface area contributed by atoms with Gasteiger partial charge in [-0.3, -0.25) is 4.68 Å². The molecule has 1 heterocycles. The van der Waals surface area contributed by atoms with Crippen molar-refractivity contribution in [3.8, 4) is 0 Å². The molecule has 1 aromatic heterocycles. The summed E-state index contributed by atoms with van der Waals surface area (Å²) < 4.78 is 1.80. The monoisotopic (exact) mass is 172 g/mol. The van der Waals surface area contributed by atoms with Crippen LogP contribution in [-0.2, 0) is 7.05 Å². The third-order valence-corrected chi connectivity index (χ3v) is 2.32. The average molecular weight is 173 g/mol. The molecule has 0 spiro atoms. The molecule has 2 nitrogen and oxygen atoms in total. The Morgan fingerprint density at radius 3 is 2.55 bits per heavy atom. The summed E-state index contributed by atoms with van der Waals surface area (Å²) in [5.74, 6) is 0.380. The van der Waals surface area contributed by atoms with E-state index >= 15 is 0 Å².